The summed E-state index contributed by atoms with van der Waals surface area (Å²) in [5.74, 6) is 0.830. The van der Waals surface area contributed by atoms with Crippen molar-refractivity contribution in [3.8, 4) is 0 Å². The zero-order chi connectivity index (χ0) is 14.9. The second kappa shape index (κ2) is 5.38. The molecule has 22 heavy (non-hydrogen) atoms. The summed E-state index contributed by atoms with van der Waals surface area (Å²) in [7, 11) is 0. The summed E-state index contributed by atoms with van der Waals surface area (Å²) in [5.41, 5.74) is 2.82. The van der Waals surface area contributed by atoms with E-state index in [0.29, 0.717) is 6.54 Å². The molecule has 0 saturated heterocycles. The number of hydrogen-bond donors (Lipinski definition) is 1. The second-order valence-electron chi connectivity index (χ2n) is 4.90. The van der Waals surface area contributed by atoms with Gasteiger partial charge in [-0.05, 0) is 40.2 Å². The largest absolute Gasteiger partial charge is 0.364 e. The Morgan fingerprint density at radius 1 is 1.05 bits per heavy atom. The molecule has 0 aliphatic heterocycles. The highest BCUT2D eigenvalue weighted by molar-refractivity contribution is 9.10. The van der Waals surface area contributed by atoms with E-state index in [1.165, 1.54) is 0 Å². The minimum Gasteiger partial charge on any atom is -0.364 e. The van der Waals surface area contributed by atoms with Crippen molar-refractivity contribution in [2.45, 2.75) is 6.54 Å². The van der Waals surface area contributed by atoms with Crippen molar-refractivity contribution < 1.29 is 0 Å². The molecule has 0 aliphatic carbocycles. The molecule has 3 heterocycles. The maximum Gasteiger partial charge on any atom is 0.155 e. The Kier molecular flexibility index (Phi) is 3.23. The molecule has 6 heteroatoms. The van der Waals surface area contributed by atoms with Crippen molar-refractivity contribution in [3.05, 3.63) is 65.0 Å². The predicted molar refractivity (Wildman–Crippen MR) is 89.8 cm³/mol. The van der Waals surface area contributed by atoms with Crippen LogP contribution in [0.25, 0.3) is 16.6 Å². The van der Waals surface area contributed by atoms with E-state index in [2.05, 4.69) is 42.4 Å². The Labute approximate surface area is 135 Å². The van der Waals surface area contributed by atoms with Gasteiger partial charge in [0.15, 0.2) is 5.65 Å². The first-order valence-electron chi connectivity index (χ1n) is 6.88. The third-order valence-corrected chi connectivity index (χ3v) is 4.13. The number of para-hydroxylation sites is 1. The SMILES string of the molecule is Brc1cccc2ccc(NCc3ccnc4ccnn34)nc12. The summed E-state index contributed by atoms with van der Waals surface area (Å²) in [6, 6.07) is 13.9. The molecule has 1 aromatic carbocycles. The fraction of sp³-hybridized carbons (Fsp3) is 0.0625. The second-order valence-corrected chi connectivity index (χ2v) is 5.75. The van der Waals surface area contributed by atoms with Crippen LogP contribution in [0.1, 0.15) is 5.69 Å². The van der Waals surface area contributed by atoms with Gasteiger partial charge in [0.2, 0.25) is 0 Å². The van der Waals surface area contributed by atoms with Crippen LogP contribution in [0.15, 0.2) is 59.3 Å². The Balaban J connectivity index is 1.64. The van der Waals surface area contributed by atoms with Crippen molar-refractivity contribution in [2.24, 2.45) is 0 Å². The molecule has 5 nitrogen and oxygen atoms in total. The normalized spacial score (nSPS) is 11.1. The highest BCUT2D eigenvalue weighted by atomic mass is 79.9. The Hall–Kier alpha value is -2.47. The summed E-state index contributed by atoms with van der Waals surface area (Å²) in [5, 5.41) is 8.73. The number of benzene rings is 1. The van der Waals surface area contributed by atoms with Crippen LogP contribution in [0.5, 0.6) is 0 Å². The van der Waals surface area contributed by atoms with Gasteiger partial charge in [-0.3, -0.25) is 0 Å². The van der Waals surface area contributed by atoms with Gasteiger partial charge in [0.05, 0.1) is 24.0 Å². The fourth-order valence-corrected chi connectivity index (χ4v) is 2.88. The lowest BCUT2D eigenvalue weighted by molar-refractivity contribution is 0.852. The summed E-state index contributed by atoms with van der Waals surface area (Å²) in [6.45, 7) is 0.629. The summed E-state index contributed by atoms with van der Waals surface area (Å²) in [4.78, 5) is 8.91. The third kappa shape index (κ3) is 2.31. The molecular formula is C16H12BrN5. The van der Waals surface area contributed by atoms with Gasteiger partial charge < -0.3 is 5.32 Å². The minimum atomic E-state index is 0.629. The maximum atomic E-state index is 4.65. The van der Waals surface area contributed by atoms with Gasteiger partial charge in [0.25, 0.3) is 0 Å². The number of hydrogen-bond acceptors (Lipinski definition) is 4. The van der Waals surface area contributed by atoms with Crippen molar-refractivity contribution in [3.63, 3.8) is 0 Å². The lowest BCUT2D eigenvalue weighted by atomic mass is 10.2. The average molecular weight is 354 g/mol. The number of rotatable bonds is 3. The lowest BCUT2D eigenvalue weighted by Gasteiger charge is -2.08. The number of aromatic nitrogens is 4. The van der Waals surface area contributed by atoms with E-state index in [1.807, 2.05) is 40.9 Å². The van der Waals surface area contributed by atoms with E-state index in [0.717, 1.165) is 32.5 Å². The number of pyridine rings is 1. The van der Waals surface area contributed by atoms with Gasteiger partial charge in [-0.15, -0.1) is 0 Å². The van der Waals surface area contributed by atoms with Crippen molar-refractivity contribution in [2.75, 3.05) is 5.32 Å². The van der Waals surface area contributed by atoms with Gasteiger partial charge >= 0.3 is 0 Å². The van der Waals surface area contributed by atoms with Crippen molar-refractivity contribution >= 4 is 38.3 Å². The van der Waals surface area contributed by atoms with Crippen molar-refractivity contribution in [1.82, 2.24) is 19.6 Å². The van der Waals surface area contributed by atoms with Gasteiger partial charge in [0, 0.05) is 22.1 Å². The van der Waals surface area contributed by atoms with Gasteiger partial charge in [-0.1, -0.05) is 12.1 Å². The maximum absolute atomic E-state index is 4.65. The van der Waals surface area contributed by atoms with Crippen LogP contribution in [0.2, 0.25) is 0 Å². The first-order valence-corrected chi connectivity index (χ1v) is 7.67. The number of nitrogens with one attached hydrogen (secondary N) is 1. The van der Waals surface area contributed by atoms with Crippen LogP contribution in [0, 0.1) is 0 Å². The molecule has 0 fully saturated rings. The fourth-order valence-electron chi connectivity index (χ4n) is 2.41. The van der Waals surface area contributed by atoms with Gasteiger partial charge in [-0.25, -0.2) is 14.5 Å². The molecule has 0 amide bonds. The Morgan fingerprint density at radius 2 is 2.00 bits per heavy atom. The standard InChI is InChI=1S/C16H12BrN5/c17-13-3-1-2-11-4-5-14(21-16(11)13)19-10-12-6-8-18-15-7-9-20-22(12)15/h1-9H,10H2,(H,19,21). The van der Waals surface area contributed by atoms with E-state index in [4.69, 9.17) is 0 Å². The quantitative estimate of drug-likeness (QED) is 0.610. The molecule has 3 aromatic heterocycles. The molecule has 4 rings (SSSR count). The molecule has 4 aromatic rings. The molecule has 1 N–H and O–H groups in total. The van der Waals surface area contributed by atoms with Crippen LogP contribution in [0.4, 0.5) is 5.82 Å². The number of nitrogens with zero attached hydrogens (tertiary/aromatic N) is 4. The van der Waals surface area contributed by atoms with E-state index in [1.54, 1.807) is 12.4 Å². The van der Waals surface area contributed by atoms with Crippen molar-refractivity contribution in [1.29, 1.82) is 0 Å². The smallest absolute Gasteiger partial charge is 0.155 e. The van der Waals surface area contributed by atoms with E-state index >= 15 is 0 Å². The molecule has 0 saturated carbocycles. The zero-order valence-electron chi connectivity index (χ0n) is 11.6. The molecule has 0 aliphatic rings. The number of fused-ring (bicyclic) bond motifs is 2. The molecular weight excluding hydrogens is 342 g/mol. The first kappa shape index (κ1) is 13.2. The molecule has 0 unspecified atom stereocenters. The topological polar surface area (TPSA) is 55.1 Å². The molecule has 0 bridgehead atoms. The first-order chi connectivity index (χ1) is 10.8. The third-order valence-electron chi connectivity index (χ3n) is 3.49. The number of anilines is 1. The lowest BCUT2D eigenvalue weighted by Crippen LogP contribution is -2.07. The van der Waals surface area contributed by atoms with Crippen LogP contribution in [0.3, 0.4) is 0 Å². The molecule has 108 valence electrons. The monoisotopic (exact) mass is 353 g/mol. The number of halogens is 1. The zero-order valence-corrected chi connectivity index (χ0v) is 13.2. The molecule has 0 radical (unpaired) electrons. The van der Waals surface area contributed by atoms with Crippen LogP contribution in [-0.2, 0) is 6.54 Å². The van der Waals surface area contributed by atoms with Gasteiger partial charge in [0.1, 0.15) is 5.82 Å². The summed E-state index contributed by atoms with van der Waals surface area (Å²) < 4.78 is 2.82. The Bertz CT molecular complexity index is 963. The van der Waals surface area contributed by atoms with Crippen LogP contribution >= 0.6 is 15.9 Å². The van der Waals surface area contributed by atoms with Crippen LogP contribution < -0.4 is 5.32 Å². The van der Waals surface area contributed by atoms with Crippen LogP contribution in [-0.4, -0.2) is 19.6 Å². The van der Waals surface area contributed by atoms with E-state index < -0.39 is 0 Å². The predicted octanol–water partition coefficient (Wildman–Crippen LogP) is 3.65. The molecule has 0 spiro atoms. The highest BCUT2D eigenvalue weighted by Gasteiger charge is 2.04. The summed E-state index contributed by atoms with van der Waals surface area (Å²) in [6.07, 6.45) is 3.54. The molecule has 0 atom stereocenters. The van der Waals surface area contributed by atoms with E-state index in [9.17, 15) is 0 Å². The highest BCUT2D eigenvalue weighted by Crippen LogP contribution is 2.23. The van der Waals surface area contributed by atoms with Gasteiger partial charge in [-0.2, -0.15) is 5.10 Å². The summed E-state index contributed by atoms with van der Waals surface area (Å²) >= 11 is 3.54. The minimum absolute atomic E-state index is 0.629. The average Bonchev–Trinajstić information content (AvgIpc) is 3.02. The van der Waals surface area contributed by atoms with E-state index in [-0.39, 0.29) is 0 Å². The Morgan fingerprint density at radius 3 is 2.95 bits per heavy atom.